The number of carboxylic acids is 1. The normalized spacial score (nSPS) is 10.2. The van der Waals surface area contributed by atoms with Crippen LogP contribution in [0.3, 0.4) is 0 Å². The highest BCUT2D eigenvalue weighted by atomic mass is 16.5. The van der Waals surface area contributed by atoms with E-state index in [1.54, 1.807) is 24.1 Å². The van der Waals surface area contributed by atoms with Crippen LogP contribution in [0.15, 0.2) is 48.5 Å². The number of ether oxygens (including phenoxy) is 1. The first-order valence-corrected chi connectivity index (χ1v) is 7.67. The number of likely N-dealkylation sites (N-methyl/N-ethyl adjacent to an activating group) is 1. The molecule has 5 nitrogen and oxygen atoms in total. The van der Waals surface area contributed by atoms with Crippen LogP contribution in [-0.2, 0) is 22.6 Å². The molecule has 0 aromatic heterocycles. The fourth-order valence-electron chi connectivity index (χ4n) is 2.30. The Balaban J connectivity index is 1.91. The summed E-state index contributed by atoms with van der Waals surface area (Å²) in [7, 11) is 1.77. The van der Waals surface area contributed by atoms with E-state index in [0.29, 0.717) is 18.7 Å². The lowest BCUT2D eigenvalue weighted by molar-refractivity contribution is -0.139. The van der Waals surface area contributed by atoms with Crippen LogP contribution in [0.2, 0.25) is 0 Å². The summed E-state index contributed by atoms with van der Waals surface area (Å²) in [5.74, 6) is -0.467. The van der Waals surface area contributed by atoms with Crippen LogP contribution in [0.5, 0.6) is 5.75 Å². The van der Waals surface area contributed by atoms with E-state index in [9.17, 15) is 9.59 Å². The Labute approximate surface area is 141 Å². The minimum Gasteiger partial charge on any atom is -0.482 e. The molecule has 0 fully saturated rings. The van der Waals surface area contributed by atoms with Gasteiger partial charge in [-0.25, -0.2) is 4.79 Å². The second-order valence-corrected chi connectivity index (χ2v) is 5.68. The van der Waals surface area contributed by atoms with Crippen molar-refractivity contribution >= 4 is 11.9 Å². The summed E-state index contributed by atoms with van der Waals surface area (Å²) >= 11 is 0. The Kier molecular flexibility index (Phi) is 5.95. The summed E-state index contributed by atoms with van der Waals surface area (Å²) in [6.45, 7) is 2.12. The van der Waals surface area contributed by atoms with E-state index >= 15 is 0 Å². The number of carboxylic acid groups (broad SMARTS) is 1. The van der Waals surface area contributed by atoms with Crippen LogP contribution in [0.25, 0.3) is 0 Å². The molecule has 126 valence electrons. The van der Waals surface area contributed by atoms with Crippen LogP contribution >= 0.6 is 0 Å². The quantitative estimate of drug-likeness (QED) is 0.849. The van der Waals surface area contributed by atoms with Crippen LogP contribution in [0.1, 0.15) is 16.7 Å². The van der Waals surface area contributed by atoms with Crippen molar-refractivity contribution in [2.75, 3.05) is 13.7 Å². The van der Waals surface area contributed by atoms with E-state index in [0.717, 1.165) is 16.7 Å². The van der Waals surface area contributed by atoms with Gasteiger partial charge in [-0.3, -0.25) is 4.79 Å². The molecule has 0 atom stereocenters. The standard InChI is InChI=1S/C19H21NO4/c1-14-5-3-4-6-16(14)11-18(21)20(2)12-15-7-9-17(10-8-15)24-13-19(22)23/h3-10H,11-13H2,1-2H3,(H,22,23). The highest BCUT2D eigenvalue weighted by Crippen LogP contribution is 2.14. The maximum atomic E-state index is 12.3. The first-order chi connectivity index (χ1) is 11.5. The maximum Gasteiger partial charge on any atom is 0.341 e. The first-order valence-electron chi connectivity index (χ1n) is 7.67. The number of rotatable bonds is 7. The molecular formula is C19H21NO4. The van der Waals surface area contributed by atoms with Gasteiger partial charge in [0.25, 0.3) is 0 Å². The Bertz CT molecular complexity index is 710. The van der Waals surface area contributed by atoms with Crippen LogP contribution in [-0.4, -0.2) is 35.5 Å². The molecule has 0 radical (unpaired) electrons. The zero-order valence-corrected chi connectivity index (χ0v) is 13.9. The van der Waals surface area contributed by atoms with Crippen molar-refractivity contribution in [3.8, 4) is 5.75 Å². The largest absolute Gasteiger partial charge is 0.482 e. The molecule has 0 bridgehead atoms. The average molecular weight is 327 g/mol. The molecule has 0 spiro atoms. The van der Waals surface area contributed by atoms with Crippen LogP contribution in [0.4, 0.5) is 0 Å². The topological polar surface area (TPSA) is 66.8 Å². The summed E-state index contributed by atoms with van der Waals surface area (Å²) in [5.41, 5.74) is 3.10. The molecule has 0 aliphatic heterocycles. The number of aryl methyl sites for hydroxylation is 1. The molecule has 2 aromatic rings. The number of benzene rings is 2. The highest BCUT2D eigenvalue weighted by molar-refractivity contribution is 5.78. The van der Waals surface area contributed by atoms with Gasteiger partial charge in [0.05, 0.1) is 6.42 Å². The molecule has 2 aromatic carbocycles. The molecule has 0 saturated carbocycles. The lowest BCUT2D eigenvalue weighted by Crippen LogP contribution is -2.27. The monoisotopic (exact) mass is 327 g/mol. The van der Waals surface area contributed by atoms with Crippen molar-refractivity contribution in [1.82, 2.24) is 4.90 Å². The molecule has 5 heteroatoms. The molecule has 0 unspecified atom stereocenters. The lowest BCUT2D eigenvalue weighted by Gasteiger charge is -2.18. The molecule has 0 aliphatic carbocycles. The minimum atomic E-state index is -1.01. The predicted octanol–water partition coefficient (Wildman–Crippen LogP) is 2.66. The van der Waals surface area contributed by atoms with Crippen molar-refractivity contribution < 1.29 is 19.4 Å². The van der Waals surface area contributed by atoms with Gasteiger partial charge in [0.15, 0.2) is 6.61 Å². The van der Waals surface area contributed by atoms with E-state index in [4.69, 9.17) is 9.84 Å². The average Bonchev–Trinajstić information content (AvgIpc) is 2.56. The van der Waals surface area contributed by atoms with E-state index < -0.39 is 5.97 Å². The van der Waals surface area contributed by atoms with Crippen LogP contribution < -0.4 is 4.74 Å². The molecule has 2 rings (SSSR count). The van der Waals surface area contributed by atoms with Gasteiger partial charge >= 0.3 is 5.97 Å². The zero-order valence-electron chi connectivity index (χ0n) is 13.9. The Hall–Kier alpha value is -2.82. The zero-order chi connectivity index (χ0) is 17.5. The van der Waals surface area contributed by atoms with Gasteiger partial charge in [-0.05, 0) is 35.7 Å². The van der Waals surface area contributed by atoms with Gasteiger partial charge in [-0.15, -0.1) is 0 Å². The van der Waals surface area contributed by atoms with E-state index in [1.165, 1.54) is 0 Å². The molecule has 1 amide bonds. The van der Waals surface area contributed by atoms with Gasteiger partial charge in [0.1, 0.15) is 5.75 Å². The highest BCUT2D eigenvalue weighted by Gasteiger charge is 2.11. The number of carbonyl (C=O) groups is 2. The second-order valence-electron chi connectivity index (χ2n) is 5.68. The smallest absolute Gasteiger partial charge is 0.341 e. The predicted molar refractivity (Wildman–Crippen MR) is 90.9 cm³/mol. The summed E-state index contributed by atoms with van der Waals surface area (Å²) in [6.07, 6.45) is 0.378. The summed E-state index contributed by atoms with van der Waals surface area (Å²) in [6, 6.07) is 14.9. The molecule has 24 heavy (non-hydrogen) atoms. The number of hydrogen-bond donors (Lipinski definition) is 1. The number of hydrogen-bond acceptors (Lipinski definition) is 3. The number of nitrogens with zero attached hydrogens (tertiary/aromatic N) is 1. The van der Waals surface area contributed by atoms with E-state index in [2.05, 4.69) is 0 Å². The van der Waals surface area contributed by atoms with Crippen molar-refractivity contribution in [2.24, 2.45) is 0 Å². The Morgan fingerprint density at radius 3 is 2.38 bits per heavy atom. The number of carbonyl (C=O) groups excluding carboxylic acids is 1. The third-order valence-corrected chi connectivity index (χ3v) is 3.73. The maximum absolute atomic E-state index is 12.3. The van der Waals surface area contributed by atoms with E-state index in [-0.39, 0.29) is 12.5 Å². The van der Waals surface area contributed by atoms with Gasteiger partial charge in [-0.2, -0.15) is 0 Å². The molecule has 1 N–H and O–H groups in total. The fourth-order valence-corrected chi connectivity index (χ4v) is 2.30. The van der Waals surface area contributed by atoms with Crippen molar-refractivity contribution in [1.29, 1.82) is 0 Å². The van der Waals surface area contributed by atoms with Crippen molar-refractivity contribution in [2.45, 2.75) is 19.9 Å². The lowest BCUT2D eigenvalue weighted by atomic mass is 10.1. The number of amides is 1. The minimum absolute atomic E-state index is 0.0514. The van der Waals surface area contributed by atoms with Crippen LogP contribution in [0, 0.1) is 6.92 Å². The van der Waals surface area contributed by atoms with E-state index in [1.807, 2.05) is 43.3 Å². The fraction of sp³-hybridized carbons (Fsp3) is 0.263. The van der Waals surface area contributed by atoms with Gasteiger partial charge in [0.2, 0.25) is 5.91 Å². The molecule has 0 aliphatic rings. The molecule has 0 saturated heterocycles. The summed E-state index contributed by atoms with van der Waals surface area (Å²) in [4.78, 5) is 24.5. The summed E-state index contributed by atoms with van der Waals surface area (Å²) in [5, 5.41) is 8.58. The van der Waals surface area contributed by atoms with Crippen molar-refractivity contribution in [3.05, 3.63) is 65.2 Å². The van der Waals surface area contributed by atoms with Crippen molar-refractivity contribution in [3.63, 3.8) is 0 Å². The third kappa shape index (κ3) is 5.12. The molecular weight excluding hydrogens is 306 g/mol. The van der Waals surface area contributed by atoms with Gasteiger partial charge < -0.3 is 14.7 Å². The third-order valence-electron chi connectivity index (χ3n) is 3.73. The van der Waals surface area contributed by atoms with Gasteiger partial charge in [-0.1, -0.05) is 36.4 Å². The second kappa shape index (κ2) is 8.15. The Morgan fingerprint density at radius 1 is 1.08 bits per heavy atom. The number of aliphatic carboxylic acids is 1. The SMILES string of the molecule is Cc1ccccc1CC(=O)N(C)Cc1ccc(OCC(=O)O)cc1. The molecule has 0 heterocycles. The summed E-state index contributed by atoms with van der Waals surface area (Å²) < 4.78 is 5.09. The Morgan fingerprint density at radius 2 is 1.75 bits per heavy atom. The first kappa shape index (κ1) is 17.5. The van der Waals surface area contributed by atoms with Gasteiger partial charge in [0, 0.05) is 13.6 Å².